The second kappa shape index (κ2) is 8.48. The number of likely N-dealkylation sites (N-methyl/N-ethyl adjacent to an activating group) is 1. The van der Waals surface area contributed by atoms with Crippen LogP contribution in [0.3, 0.4) is 0 Å². The monoisotopic (exact) mass is 403 g/mol. The van der Waals surface area contributed by atoms with Crippen LogP contribution in [0.25, 0.3) is 11.3 Å². The van der Waals surface area contributed by atoms with Gasteiger partial charge < -0.3 is 14.7 Å². The van der Waals surface area contributed by atoms with Crippen LogP contribution >= 0.6 is 0 Å². The highest BCUT2D eigenvalue weighted by molar-refractivity contribution is 5.93. The zero-order chi connectivity index (χ0) is 21.0. The molecule has 0 saturated heterocycles. The molecule has 29 heavy (non-hydrogen) atoms. The van der Waals surface area contributed by atoms with Crippen molar-refractivity contribution in [3.05, 3.63) is 77.5 Å². The number of alkyl halides is 3. The second-order valence-corrected chi connectivity index (χ2v) is 6.76. The van der Waals surface area contributed by atoms with Crippen molar-refractivity contribution in [2.75, 3.05) is 20.6 Å². The lowest BCUT2D eigenvalue weighted by Gasteiger charge is -2.25. The fourth-order valence-corrected chi connectivity index (χ4v) is 2.92. The summed E-state index contributed by atoms with van der Waals surface area (Å²) in [5, 5.41) is 6.50. The number of aromatic nitrogens is 1. The predicted octanol–water partition coefficient (Wildman–Crippen LogP) is 4.39. The number of hydrogen-bond donors (Lipinski definition) is 1. The van der Waals surface area contributed by atoms with Crippen LogP contribution in [-0.2, 0) is 6.18 Å². The number of carbonyl (C=O) groups is 1. The molecule has 0 radical (unpaired) electrons. The van der Waals surface area contributed by atoms with Crippen LogP contribution in [-0.4, -0.2) is 36.6 Å². The third-order valence-corrected chi connectivity index (χ3v) is 4.48. The Balaban J connectivity index is 1.71. The zero-order valence-corrected chi connectivity index (χ0v) is 15.9. The molecule has 0 aliphatic heterocycles. The van der Waals surface area contributed by atoms with Gasteiger partial charge in [0.15, 0.2) is 11.5 Å². The molecule has 1 aromatic heterocycles. The molecule has 3 aromatic rings. The van der Waals surface area contributed by atoms with Gasteiger partial charge in [-0.2, -0.15) is 13.2 Å². The van der Waals surface area contributed by atoms with Gasteiger partial charge in [0, 0.05) is 18.2 Å². The molecule has 0 aliphatic rings. The van der Waals surface area contributed by atoms with Gasteiger partial charge in [0.1, 0.15) is 0 Å². The van der Waals surface area contributed by atoms with Gasteiger partial charge in [0.25, 0.3) is 5.91 Å². The van der Waals surface area contributed by atoms with Crippen molar-refractivity contribution in [3.8, 4) is 11.3 Å². The Kier molecular flexibility index (Phi) is 6.03. The minimum atomic E-state index is -4.43. The van der Waals surface area contributed by atoms with Crippen LogP contribution < -0.4 is 5.32 Å². The van der Waals surface area contributed by atoms with E-state index in [1.54, 1.807) is 25.1 Å². The Morgan fingerprint density at radius 1 is 1.10 bits per heavy atom. The van der Waals surface area contributed by atoms with Crippen molar-refractivity contribution in [3.63, 3.8) is 0 Å². The topological polar surface area (TPSA) is 58.4 Å². The summed E-state index contributed by atoms with van der Waals surface area (Å²) in [6, 6.07) is 15.4. The van der Waals surface area contributed by atoms with E-state index in [-0.39, 0.29) is 12.2 Å². The van der Waals surface area contributed by atoms with Crippen molar-refractivity contribution >= 4 is 5.91 Å². The second-order valence-electron chi connectivity index (χ2n) is 6.76. The average molecular weight is 403 g/mol. The van der Waals surface area contributed by atoms with Gasteiger partial charge in [-0.05, 0) is 31.8 Å². The summed E-state index contributed by atoms with van der Waals surface area (Å²) >= 11 is 0. The number of rotatable bonds is 6. The number of nitrogens with one attached hydrogen (secondary N) is 1. The maximum absolute atomic E-state index is 13.0. The molecular weight excluding hydrogens is 383 g/mol. The Bertz CT molecular complexity index is 969. The molecule has 2 aromatic carbocycles. The van der Waals surface area contributed by atoms with Crippen molar-refractivity contribution in [1.29, 1.82) is 0 Å². The minimum Gasteiger partial charge on any atom is -0.355 e. The number of carbonyl (C=O) groups excluding carboxylic acids is 1. The molecule has 0 spiro atoms. The SMILES string of the molecule is CN(C)C(CNC(=O)c1cc(-c2ccccc2)on1)c1cccc(C(F)(F)F)c1. The highest BCUT2D eigenvalue weighted by Gasteiger charge is 2.31. The first-order valence-corrected chi connectivity index (χ1v) is 8.89. The van der Waals surface area contributed by atoms with E-state index in [9.17, 15) is 18.0 Å². The average Bonchev–Trinajstić information content (AvgIpc) is 3.18. The number of hydrogen-bond acceptors (Lipinski definition) is 4. The van der Waals surface area contributed by atoms with Gasteiger partial charge in [0.05, 0.1) is 11.6 Å². The predicted molar refractivity (Wildman–Crippen MR) is 102 cm³/mol. The number of halogens is 3. The van der Waals surface area contributed by atoms with Crippen LogP contribution in [0.1, 0.15) is 27.7 Å². The summed E-state index contributed by atoms with van der Waals surface area (Å²) in [6.07, 6.45) is -4.43. The fraction of sp³-hybridized carbons (Fsp3) is 0.238. The minimum absolute atomic E-state index is 0.102. The highest BCUT2D eigenvalue weighted by atomic mass is 19.4. The normalized spacial score (nSPS) is 12.8. The molecule has 0 bridgehead atoms. The molecule has 8 heteroatoms. The van der Waals surface area contributed by atoms with E-state index in [4.69, 9.17) is 4.52 Å². The molecule has 1 heterocycles. The van der Waals surface area contributed by atoms with Crippen molar-refractivity contribution in [2.45, 2.75) is 12.2 Å². The summed E-state index contributed by atoms with van der Waals surface area (Å²) in [4.78, 5) is 14.2. The lowest BCUT2D eigenvalue weighted by molar-refractivity contribution is -0.137. The first-order valence-electron chi connectivity index (χ1n) is 8.89. The van der Waals surface area contributed by atoms with E-state index in [0.717, 1.165) is 17.7 Å². The summed E-state index contributed by atoms with van der Waals surface area (Å²) < 4.78 is 44.2. The molecule has 0 fully saturated rings. The number of nitrogens with zero attached hydrogens (tertiary/aromatic N) is 2. The molecule has 0 aliphatic carbocycles. The van der Waals surface area contributed by atoms with E-state index in [0.29, 0.717) is 11.3 Å². The van der Waals surface area contributed by atoms with Crippen LogP contribution in [0, 0.1) is 0 Å². The molecule has 1 amide bonds. The van der Waals surface area contributed by atoms with E-state index in [1.807, 2.05) is 30.3 Å². The molecule has 0 saturated carbocycles. The summed E-state index contributed by atoms with van der Waals surface area (Å²) in [6.45, 7) is 0.112. The van der Waals surface area contributed by atoms with Crippen LogP contribution in [0.2, 0.25) is 0 Å². The Morgan fingerprint density at radius 2 is 1.83 bits per heavy atom. The quantitative estimate of drug-likeness (QED) is 0.663. The summed E-state index contributed by atoms with van der Waals surface area (Å²) in [7, 11) is 3.47. The molecule has 3 rings (SSSR count). The van der Waals surface area contributed by atoms with Gasteiger partial charge in [0.2, 0.25) is 0 Å². The van der Waals surface area contributed by atoms with Crippen LogP contribution in [0.15, 0.2) is 65.2 Å². The molecular formula is C21H20F3N3O2. The highest BCUT2D eigenvalue weighted by Crippen LogP contribution is 2.31. The maximum Gasteiger partial charge on any atom is 0.416 e. The first-order chi connectivity index (χ1) is 13.8. The van der Waals surface area contributed by atoms with Gasteiger partial charge in [-0.15, -0.1) is 0 Å². The van der Waals surface area contributed by atoms with E-state index < -0.39 is 23.7 Å². The van der Waals surface area contributed by atoms with Gasteiger partial charge in [-0.1, -0.05) is 47.6 Å². The lowest BCUT2D eigenvalue weighted by Crippen LogP contribution is -2.34. The zero-order valence-electron chi connectivity index (χ0n) is 15.9. The largest absolute Gasteiger partial charge is 0.416 e. The lowest BCUT2D eigenvalue weighted by atomic mass is 10.0. The molecule has 152 valence electrons. The fourth-order valence-electron chi connectivity index (χ4n) is 2.92. The van der Waals surface area contributed by atoms with Gasteiger partial charge >= 0.3 is 6.18 Å². The molecule has 1 N–H and O–H groups in total. The maximum atomic E-state index is 13.0. The standard InChI is InChI=1S/C21H20F3N3O2/c1-27(2)18(15-9-6-10-16(11-15)21(22,23)24)13-25-20(28)17-12-19(29-26-17)14-7-4-3-5-8-14/h3-12,18H,13H2,1-2H3,(H,25,28). The smallest absolute Gasteiger partial charge is 0.355 e. The van der Waals surface area contributed by atoms with E-state index in [1.165, 1.54) is 12.1 Å². The van der Waals surface area contributed by atoms with Crippen LogP contribution in [0.4, 0.5) is 13.2 Å². The third-order valence-electron chi connectivity index (χ3n) is 4.48. The van der Waals surface area contributed by atoms with E-state index in [2.05, 4.69) is 10.5 Å². The summed E-state index contributed by atoms with van der Waals surface area (Å²) in [5.41, 5.74) is 0.618. The van der Waals surface area contributed by atoms with Crippen molar-refractivity contribution < 1.29 is 22.5 Å². The molecule has 1 unspecified atom stereocenters. The van der Waals surface area contributed by atoms with E-state index >= 15 is 0 Å². The van der Waals surface area contributed by atoms with Crippen molar-refractivity contribution in [1.82, 2.24) is 15.4 Å². The Hall–Kier alpha value is -3.13. The number of amides is 1. The first kappa shape index (κ1) is 20.6. The Morgan fingerprint density at radius 3 is 2.48 bits per heavy atom. The summed E-state index contributed by atoms with van der Waals surface area (Å²) in [5.74, 6) is -0.00690. The van der Waals surface area contributed by atoms with Crippen molar-refractivity contribution in [2.24, 2.45) is 0 Å². The third kappa shape index (κ3) is 5.03. The van der Waals surface area contributed by atoms with Gasteiger partial charge in [-0.3, -0.25) is 4.79 Å². The van der Waals surface area contributed by atoms with Gasteiger partial charge in [-0.25, -0.2) is 0 Å². The van der Waals surface area contributed by atoms with Crippen LogP contribution in [0.5, 0.6) is 0 Å². The number of benzene rings is 2. The molecule has 1 atom stereocenters. The molecule has 5 nitrogen and oxygen atoms in total. The Labute approximate surface area is 166 Å².